The molecule has 0 aliphatic heterocycles. The van der Waals surface area contributed by atoms with Gasteiger partial charge in [0.1, 0.15) is 0 Å². The number of aliphatic carboxylic acids is 1. The molecule has 0 aliphatic rings. The molecule has 3 aromatic rings. The minimum Gasteiger partial charge on any atom is -0.480 e. The Labute approximate surface area is 140 Å². The molecule has 0 radical (unpaired) electrons. The lowest BCUT2D eigenvalue weighted by Gasteiger charge is -2.22. The number of nitrogens with zero attached hydrogens (tertiary/aromatic N) is 1. The molecule has 3 nitrogen and oxygen atoms in total. The van der Waals surface area contributed by atoms with E-state index in [1.165, 1.54) is 0 Å². The minimum absolute atomic E-state index is 0.515. The number of nitriles is 1. The number of hydrogen-bond acceptors (Lipinski definition) is 2. The van der Waals surface area contributed by atoms with Crippen molar-refractivity contribution in [3.63, 3.8) is 0 Å². The largest absolute Gasteiger partial charge is 0.480 e. The van der Waals surface area contributed by atoms with Crippen molar-refractivity contribution >= 4 is 16.7 Å². The fourth-order valence-electron chi connectivity index (χ4n) is 3.12. The molecule has 2 atom stereocenters. The summed E-state index contributed by atoms with van der Waals surface area (Å²) in [5.74, 6) is -2.76. The van der Waals surface area contributed by atoms with Crippen molar-refractivity contribution in [3.05, 3.63) is 83.4 Å². The van der Waals surface area contributed by atoms with Crippen molar-refractivity contribution < 1.29 is 9.90 Å². The van der Waals surface area contributed by atoms with Gasteiger partial charge in [-0.05, 0) is 28.8 Å². The maximum atomic E-state index is 11.7. The quantitative estimate of drug-likeness (QED) is 0.771. The molecule has 0 saturated heterocycles. The first-order valence-electron chi connectivity index (χ1n) is 7.78. The van der Waals surface area contributed by atoms with Crippen molar-refractivity contribution in [2.45, 2.75) is 12.8 Å². The molecule has 2 unspecified atom stereocenters. The van der Waals surface area contributed by atoms with E-state index in [1.54, 1.807) is 0 Å². The monoisotopic (exact) mass is 315 g/mol. The summed E-state index contributed by atoms with van der Waals surface area (Å²) in [6, 6.07) is 23.4. The number of carbonyl (C=O) groups is 1. The molecule has 0 aromatic heterocycles. The molecular weight excluding hydrogens is 298 g/mol. The van der Waals surface area contributed by atoms with Gasteiger partial charge < -0.3 is 5.11 Å². The summed E-state index contributed by atoms with van der Waals surface area (Å²) in [6.07, 6.45) is 0. The van der Waals surface area contributed by atoms with Crippen LogP contribution in [0.1, 0.15) is 22.6 Å². The molecule has 3 rings (SSSR count). The zero-order valence-corrected chi connectivity index (χ0v) is 13.3. The summed E-state index contributed by atoms with van der Waals surface area (Å²) < 4.78 is 0. The van der Waals surface area contributed by atoms with Crippen molar-refractivity contribution in [2.24, 2.45) is 5.92 Å². The molecular formula is C21H17NO2. The van der Waals surface area contributed by atoms with E-state index in [0.717, 1.165) is 27.5 Å². The van der Waals surface area contributed by atoms with Gasteiger partial charge in [0.25, 0.3) is 0 Å². The molecule has 0 spiro atoms. The highest BCUT2D eigenvalue weighted by molar-refractivity contribution is 5.88. The smallest absolute Gasteiger partial charge is 0.321 e. The van der Waals surface area contributed by atoms with Gasteiger partial charge in [-0.3, -0.25) is 4.79 Å². The fourth-order valence-corrected chi connectivity index (χ4v) is 3.12. The molecule has 3 aromatic carbocycles. The first-order chi connectivity index (χ1) is 11.6. The number of fused-ring (bicyclic) bond motifs is 1. The van der Waals surface area contributed by atoms with E-state index in [0.29, 0.717) is 0 Å². The van der Waals surface area contributed by atoms with Crippen LogP contribution in [0.5, 0.6) is 0 Å². The van der Waals surface area contributed by atoms with Gasteiger partial charge in [0, 0.05) is 5.92 Å². The Morgan fingerprint density at radius 1 is 1.00 bits per heavy atom. The van der Waals surface area contributed by atoms with Crippen LogP contribution >= 0.6 is 0 Å². The van der Waals surface area contributed by atoms with Crippen LogP contribution in [0.15, 0.2) is 66.7 Å². The lowest BCUT2D eigenvalue weighted by molar-refractivity contribution is -0.140. The maximum absolute atomic E-state index is 11.7. The van der Waals surface area contributed by atoms with Crippen LogP contribution in [0.25, 0.3) is 10.8 Å². The van der Waals surface area contributed by atoms with E-state index < -0.39 is 17.8 Å². The molecule has 0 heterocycles. The average molecular weight is 315 g/mol. The van der Waals surface area contributed by atoms with Gasteiger partial charge in [-0.2, -0.15) is 5.26 Å². The normalized spacial score (nSPS) is 13.2. The summed E-state index contributed by atoms with van der Waals surface area (Å²) in [7, 11) is 0. The summed E-state index contributed by atoms with van der Waals surface area (Å²) in [4.78, 5) is 11.7. The SMILES string of the molecule is Cc1ccc(C(c2cccc3ccccc23)C(C#N)C(=O)O)cc1. The van der Waals surface area contributed by atoms with Crippen LogP contribution in [0.4, 0.5) is 0 Å². The van der Waals surface area contributed by atoms with Crippen LogP contribution in [0, 0.1) is 24.2 Å². The van der Waals surface area contributed by atoms with E-state index >= 15 is 0 Å². The molecule has 0 fully saturated rings. The van der Waals surface area contributed by atoms with Gasteiger partial charge in [-0.1, -0.05) is 72.3 Å². The molecule has 24 heavy (non-hydrogen) atoms. The highest BCUT2D eigenvalue weighted by atomic mass is 16.4. The third kappa shape index (κ3) is 2.87. The van der Waals surface area contributed by atoms with E-state index in [-0.39, 0.29) is 0 Å². The second kappa shape index (κ2) is 6.55. The van der Waals surface area contributed by atoms with Crippen LogP contribution in [-0.4, -0.2) is 11.1 Å². The second-order valence-corrected chi connectivity index (χ2v) is 5.90. The standard InChI is InChI=1S/C21H17NO2/c1-14-9-11-16(12-10-14)20(19(13-22)21(23)24)18-8-4-6-15-5-2-3-7-17(15)18/h2-12,19-20H,1H3,(H,23,24). The van der Waals surface area contributed by atoms with Crippen molar-refractivity contribution in [1.29, 1.82) is 5.26 Å². The predicted octanol–water partition coefficient (Wildman–Crippen LogP) is 4.50. The number of benzene rings is 3. The fraction of sp³-hybridized carbons (Fsp3) is 0.143. The number of carboxylic acids is 1. The first kappa shape index (κ1) is 15.8. The van der Waals surface area contributed by atoms with Crippen molar-refractivity contribution in [1.82, 2.24) is 0 Å². The first-order valence-corrected chi connectivity index (χ1v) is 7.78. The van der Waals surface area contributed by atoms with E-state index in [9.17, 15) is 15.2 Å². The van der Waals surface area contributed by atoms with Gasteiger partial charge in [-0.25, -0.2) is 0 Å². The highest BCUT2D eigenvalue weighted by Gasteiger charge is 2.31. The summed E-state index contributed by atoms with van der Waals surface area (Å²) >= 11 is 0. The zero-order chi connectivity index (χ0) is 17.1. The van der Waals surface area contributed by atoms with Crippen LogP contribution in [0.2, 0.25) is 0 Å². The Bertz CT molecular complexity index is 917. The predicted molar refractivity (Wildman–Crippen MR) is 93.7 cm³/mol. The highest BCUT2D eigenvalue weighted by Crippen LogP contribution is 2.36. The Balaban J connectivity index is 2.26. The van der Waals surface area contributed by atoms with Crippen LogP contribution in [0.3, 0.4) is 0 Å². The zero-order valence-electron chi connectivity index (χ0n) is 13.3. The Morgan fingerprint density at radius 2 is 1.67 bits per heavy atom. The van der Waals surface area contributed by atoms with E-state index in [4.69, 9.17) is 0 Å². The molecule has 118 valence electrons. The van der Waals surface area contributed by atoms with Crippen molar-refractivity contribution in [2.75, 3.05) is 0 Å². The third-order valence-corrected chi connectivity index (χ3v) is 4.33. The topological polar surface area (TPSA) is 61.1 Å². The van der Waals surface area contributed by atoms with Crippen molar-refractivity contribution in [3.8, 4) is 6.07 Å². The Hall–Kier alpha value is -3.12. The molecule has 1 N–H and O–H groups in total. The third-order valence-electron chi connectivity index (χ3n) is 4.33. The molecule has 0 aliphatic carbocycles. The number of carboxylic acid groups (broad SMARTS) is 1. The number of hydrogen-bond donors (Lipinski definition) is 1. The van der Waals surface area contributed by atoms with Crippen LogP contribution < -0.4 is 0 Å². The Morgan fingerprint density at radius 3 is 2.33 bits per heavy atom. The van der Waals surface area contributed by atoms with Gasteiger partial charge in [0.2, 0.25) is 0 Å². The second-order valence-electron chi connectivity index (χ2n) is 5.90. The number of aryl methyl sites for hydroxylation is 1. The van der Waals surface area contributed by atoms with Gasteiger partial charge in [0.15, 0.2) is 5.92 Å². The molecule has 0 saturated carbocycles. The van der Waals surface area contributed by atoms with E-state index in [2.05, 4.69) is 0 Å². The van der Waals surface area contributed by atoms with Gasteiger partial charge in [-0.15, -0.1) is 0 Å². The maximum Gasteiger partial charge on any atom is 0.321 e. The summed E-state index contributed by atoms with van der Waals surface area (Å²) in [6.45, 7) is 1.98. The van der Waals surface area contributed by atoms with Gasteiger partial charge >= 0.3 is 5.97 Å². The summed E-state index contributed by atoms with van der Waals surface area (Å²) in [5, 5.41) is 21.1. The van der Waals surface area contributed by atoms with E-state index in [1.807, 2.05) is 79.7 Å². The lowest BCUT2D eigenvalue weighted by atomic mass is 9.79. The van der Waals surface area contributed by atoms with Crippen LogP contribution in [-0.2, 0) is 4.79 Å². The number of rotatable bonds is 4. The van der Waals surface area contributed by atoms with Gasteiger partial charge in [0.05, 0.1) is 6.07 Å². The summed E-state index contributed by atoms with van der Waals surface area (Å²) in [5.41, 5.74) is 2.80. The average Bonchev–Trinajstić information content (AvgIpc) is 2.60. The molecule has 0 bridgehead atoms. The molecule has 0 amide bonds. The minimum atomic E-state index is -1.14. The Kier molecular flexibility index (Phi) is 4.31. The lowest BCUT2D eigenvalue weighted by Crippen LogP contribution is -2.22. The molecule has 3 heteroatoms.